The Kier molecular flexibility index (Phi) is 17.3. The van der Waals surface area contributed by atoms with E-state index in [-0.39, 0.29) is 29.3 Å². The molecule has 2 aromatic carbocycles. The lowest BCUT2D eigenvalue weighted by Gasteiger charge is -2.63. The summed E-state index contributed by atoms with van der Waals surface area (Å²) in [4.78, 5) is 69.4. The topological polar surface area (TPSA) is 195 Å². The third kappa shape index (κ3) is 10.4. The molecule has 2 saturated heterocycles. The maximum absolute atomic E-state index is 15.9. The summed E-state index contributed by atoms with van der Waals surface area (Å²) in [6.45, 7) is 21.0. The minimum atomic E-state index is -2.49. The third-order valence-electron chi connectivity index (χ3n) is 21.0. The zero-order chi connectivity index (χ0) is 61.9. The number of aliphatic hydroxyl groups excluding tert-OH is 1. The number of ether oxygens (including phenoxy) is 6. The van der Waals surface area contributed by atoms with E-state index in [1.807, 2.05) is 68.5 Å². The molecule has 3 unspecified atom stereocenters. The number of esters is 3. The second-order valence-electron chi connectivity index (χ2n) is 27.1. The van der Waals surface area contributed by atoms with E-state index in [9.17, 15) is 24.6 Å². The van der Waals surface area contributed by atoms with E-state index in [2.05, 4.69) is 87.0 Å². The van der Waals surface area contributed by atoms with E-state index in [1.165, 1.54) is 45.0 Å². The molecule has 466 valence electrons. The molecule has 2 bridgehead atoms. The number of piperidine rings is 1. The molecule has 5 heterocycles. The van der Waals surface area contributed by atoms with Gasteiger partial charge in [-0.05, 0) is 130 Å². The summed E-state index contributed by atoms with van der Waals surface area (Å²) in [5.74, 6) is -2.14. The number of fused-ring (bicyclic) bond motifs is 3. The first-order chi connectivity index (χ1) is 40.9. The van der Waals surface area contributed by atoms with Gasteiger partial charge in [0.25, 0.3) is 0 Å². The van der Waals surface area contributed by atoms with Crippen molar-refractivity contribution in [2.45, 2.75) is 179 Å². The van der Waals surface area contributed by atoms with Gasteiger partial charge in [0, 0.05) is 79.4 Å². The van der Waals surface area contributed by atoms with Gasteiger partial charge in [0.2, 0.25) is 5.60 Å². The zero-order valence-electron chi connectivity index (χ0n) is 52.9. The Morgan fingerprint density at radius 3 is 2.10 bits per heavy atom. The van der Waals surface area contributed by atoms with Crippen LogP contribution in [-0.2, 0) is 53.7 Å². The number of rotatable bonds is 15. The van der Waals surface area contributed by atoms with Crippen molar-refractivity contribution in [1.29, 1.82) is 0 Å². The van der Waals surface area contributed by atoms with Crippen molar-refractivity contribution in [3.63, 3.8) is 0 Å². The molecule has 17 nitrogen and oxygen atoms in total. The first kappa shape index (κ1) is 62.8. The Balaban J connectivity index is 1.03. The average molecular weight is 1190 g/mol. The molecule has 0 amide bonds. The summed E-state index contributed by atoms with van der Waals surface area (Å²) in [7, 11) is 5.66. The van der Waals surface area contributed by atoms with Gasteiger partial charge in [0.05, 0.1) is 40.2 Å². The van der Waals surface area contributed by atoms with Crippen molar-refractivity contribution in [1.82, 2.24) is 9.80 Å². The number of aliphatic hydroxyl groups is 2. The van der Waals surface area contributed by atoms with Crippen molar-refractivity contribution in [2.75, 3.05) is 71.5 Å². The smallest absolute Gasteiger partial charge is 0.496 e. The normalized spacial score (nSPS) is 34.5. The molecule has 0 radical (unpaired) electrons. The van der Waals surface area contributed by atoms with Gasteiger partial charge < -0.3 is 44.0 Å². The number of nitrogens with zero attached hydrogens (tertiary/aromatic N) is 3. The first-order valence-corrected chi connectivity index (χ1v) is 31.0. The predicted molar refractivity (Wildman–Crippen MR) is 328 cm³/mol. The first-order valence-electron chi connectivity index (χ1n) is 31.0. The van der Waals surface area contributed by atoms with Crippen LogP contribution in [0, 0.1) is 22.2 Å². The molecule has 3 N–H and O–H groups in total. The number of benzene rings is 2. The quantitative estimate of drug-likeness (QED) is 0.0659. The van der Waals surface area contributed by atoms with Crippen LogP contribution in [0.15, 0.2) is 113 Å². The number of para-hydroxylation sites is 1. The molecule has 3 fully saturated rings. The molecule has 17 heteroatoms. The summed E-state index contributed by atoms with van der Waals surface area (Å²) in [5, 5.41) is 29.3. The van der Waals surface area contributed by atoms with Gasteiger partial charge in [0.1, 0.15) is 28.9 Å². The summed E-state index contributed by atoms with van der Waals surface area (Å²) in [6.07, 6.45) is 16.8. The molecular weight excluding hydrogens is 1090 g/mol. The lowest BCUT2D eigenvalue weighted by atomic mass is 9.47. The molecule has 3 aliphatic carbocycles. The molecule has 12 atom stereocenters. The molecule has 0 aromatic heterocycles. The monoisotopic (exact) mass is 1180 g/mol. The van der Waals surface area contributed by atoms with E-state index in [4.69, 9.17) is 33.3 Å². The Morgan fingerprint density at radius 1 is 0.802 bits per heavy atom. The van der Waals surface area contributed by atoms with Crippen molar-refractivity contribution in [3.05, 3.63) is 124 Å². The van der Waals surface area contributed by atoms with Gasteiger partial charge in [-0.1, -0.05) is 113 Å². The second-order valence-corrected chi connectivity index (χ2v) is 27.1. The summed E-state index contributed by atoms with van der Waals surface area (Å²) >= 11 is 0. The number of carbonyl (C=O) groups excluding carboxylic acids is 4. The van der Waals surface area contributed by atoms with Gasteiger partial charge in [-0.15, -0.1) is 0 Å². The number of allylic oxidation sites excluding steroid dienone is 6. The maximum atomic E-state index is 15.9. The van der Waals surface area contributed by atoms with Gasteiger partial charge in [-0.2, -0.15) is 0 Å². The van der Waals surface area contributed by atoms with Crippen LogP contribution in [0.4, 0.5) is 16.2 Å². The van der Waals surface area contributed by atoms with Crippen LogP contribution in [0.3, 0.4) is 0 Å². The lowest BCUT2D eigenvalue weighted by molar-refractivity contribution is -0.234. The van der Waals surface area contributed by atoms with Crippen LogP contribution < -0.4 is 15.1 Å². The Hall–Kier alpha value is -6.24. The van der Waals surface area contributed by atoms with E-state index in [1.54, 1.807) is 12.2 Å². The Labute approximate surface area is 508 Å². The van der Waals surface area contributed by atoms with Gasteiger partial charge >= 0.3 is 24.1 Å². The highest BCUT2D eigenvalue weighted by atomic mass is 16.7. The fraction of sp³-hybridized carbons (Fsp3) is 0.594. The van der Waals surface area contributed by atoms with E-state index in [0.29, 0.717) is 107 Å². The number of hydroxylamine groups is 1. The van der Waals surface area contributed by atoms with E-state index >= 15 is 4.79 Å². The second kappa shape index (κ2) is 23.7. The minimum absolute atomic E-state index is 0.117. The van der Waals surface area contributed by atoms with Crippen LogP contribution in [0.5, 0.6) is 5.75 Å². The Bertz CT molecular complexity index is 3160. The molecular formula is C69H92N4O13. The third-order valence-corrected chi connectivity index (χ3v) is 21.0. The standard InChI is InChI=1S/C69H92N4O13/c1-14-65(86-62(78)85-49-34-44(4)51(64(8,9)40-49)26-20-19-25-50-43(3)33-48(75)39-63(50,6)7)37-46-38-68(60(76)81-11,56(27-21-30-71(41-46)42-65)70-47-23-17-16-18-24-47)53-35-52-54(36-55(53)80-10)73(83-13)58-67(52)29-32-72-31-22-28-66(15-2,57(67)72)59(84-45(5)74)69(58,79)61(77)82-12/h16-20,22-28,35-36,46,48-49,57-59,70,75,79H,14-15,21,29-34,37-42H2,1-13H3/t46-,48-,49-,57+,58-,59?,65?,66-,67-,68+,69+/m1/s1. The fourth-order valence-corrected chi connectivity index (χ4v) is 17.9. The van der Waals surface area contributed by atoms with E-state index in [0.717, 1.165) is 23.2 Å². The number of hydrogen-bond acceptors (Lipinski definition) is 17. The molecule has 2 aromatic rings. The highest BCUT2D eigenvalue weighted by Crippen LogP contribution is 2.69. The number of nitrogens with one attached hydrogen (secondary N) is 1. The van der Waals surface area contributed by atoms with Crippen molar-refractivity contribution >= 4 is 35.4 Å². The van der Waals surface area contributed by atoms with Crippen LogP contribution in [0.25, 0.3) is 0 Å². The maximum Gasteiger partial charge on any atom is 0.509 e. The fourth-order valence-electron chi connectivity index (χ4n) is 17.9. The molecule has 10 rings (SSSR count). The highest BCUT2D eigenvalue weighted by molar-refractivity contribution is 5.92. The molecule has 86 heavy (non-hydrogen) atoms. The SMILES string of the molecule is CCC1(OC(=O)O[C@@H]2CC(C)=C(C=CC=CC3=C(C)C[C@@H](O)CC3(C)C)C(C)(C)C2)C[C@H]2CN(CCC=C(Nc3ccccc3)[C@@](C(=O)OC)(c3cc4c(cc3OC)N(OC)[C@@H]3[C@]45CCN4CC=C[C@@](CC)(C(OC(C)=O)[C@]3(O)C(=O)OC)[C@H]45)C2)C1. The number of hydrogen-bond donors (Lipinski definition) is 3. The average Bonchev–Trinajstić information content (AvgIpc) is 1.46. The highest BCUT2D eigenvalue weighted by Gasteiger charge is 2.81. The molecule has 1 saturated carbocycles. The largest absolute Gasteiger partial charge is 0.509 e. The van der Waals surface area contributed by atoms with Crippen molar-refractivity contribution in [2.24, 2.45) is 22.2 Å². The number of anilines is 2. The van der Waals surface area contributed by atoms with Gasteiger partial charge in [-0.25, -0.2) is 14.7 Å². The van der Waals surface area contributed by atoms with Crippen LogP contribution in [0.1, 0.15) is 138 Å². The Morgan fingerprint density at radius 2 is 1.49 bits per heavy atom. The van der Waals surface area contributed by atoms with Gasteiger partial charge in [0.15, 0.2) is 6.10 Å². The van der Waals surface area contributed by atoms with Crippen molar-refractivity contribution in [3.8, 4) is 5.75 Å². The molecule has 1 spiro atoms. The number of methoxy groups -OCH3 is 3. The summed E-state index contributed by atoms with van der Waals surface area (Å²) in [5.41, 5.74) is 0.144. The van der Waals surface area contributed by atoms with Crippen LogP contribution in [0.2, 0.25) is 0 Å². The number of carbonyl (C=O) groups is 4. The van der Waals surface area contributed by atoms with Crippen LogP contribution >= 0.6 is 0 Å². The minimum Gasteiger partial charge on any atom is -0.496 e. The van der Waals surface area contributed by atoms with E-state index < -0.39 is 75.8 Å². The summed E-state index contributed by atoms with van der Waals surface area (Å²) in [6, 6.07) is 11.9. The van der Waals surface area contributed by atoms with Gasteiger partial charge in [-0.3, -0.25) is 24.2 Å². The lowest BCUT2D eigenvalue weighted by Crippen LogP contribution is -2.81. The van der Waals surface area contributed by atoms with Crippen molar-refractivity contribution < 1.29 is 62.6 Å². The van der Waals surface area contributed by atoms with Crippen LogP contribution in [-0.4, -0.2) is 147 Å². The summed E-state index contributed by atoms with van der Waals surface area (Å²) < 4.78 is 37.4. The zero-order valence-corrected chi connectivity index (χ0v) is 52.9. The molecule has 5 aliphatic heterocycles. The predicted octanol–water partition coefficient (Wildman–Crippen LogP) is 10.5. The molecule has 8 aliphatic rings.